The van der Waals surface area contributed by atoms with Crippen molar-refractivity contribution >= 4 is 11.6 Å². The average Bonchev–Trinajstić information content (AvgIpc) is 3.10. The van der Waals surface area contributed by atoms with Gasteiger partial charge < -0.3 is 9.88 Å². The molecule has 0 saturated carbocycles. The highest BCUT2D eigenvalue weighted by molar-refractivity contribution is 5.79. The van der Waals surface area contributed by atoms with Crippen LogP contribution in [-0.2, 0) is 11.3 Å². The number of imidazole rings is 1. The van der Waals surface area contributed by atoms with Crippen molar-refractivity contribution in [1.29, 1.82) is 0 Å². The van der Waals surface area contributed by atoms with Crippen LogP contribution in [0, 0.1) is 6.92 Å². The van der Waals surface area contributed by atoms with Crippen LogP contribution in [0.3, 0.4) is 0 Å². The van der Waals surface area contributed by atoms with Crippen molar-refractivity contribution < 1.29 is 4.79 Å². The molecule has 0 spiro atoms. The zero-order valence-electron chi connectivity index (χ0n) is 11.9. The van der Waals surface area contributed by atoms with E-state index < -0.39 is 0 Å². The molecule has 3 rings (SSSR count). The molecule has 0 fully saturated rings. The summed E-state index contributed by atoms with van der Waals surface area (Å²) < 4.78 is 3.69. The highest BCUT2D eigenvalue weighted by atomic mass is 16.2. The first-order valence-electron chi connectivity index (χ1n) is 6.72. The number of amides is 1. The number of nitrogens with one attached hydrogen (secondary N) is 1. The first-order chi connectivity index (χ1) is 10.2. The van der Waals surface area contributed by atoms with Gasteiger partial charge in [-0.25, -0.2) is 4.98 Å². The van der Waals surface area contributed by atoms with Crippen molar-refractivity contribution in [2.45, 2.75) is 26.4 Å². The van der Waals surface area contributed by atoms with Crippen LogP contribution < -0.4 is 5.32 Å². The van der Waals surface area contributed by atoms with Crippen molar-refractivity contribution in [3.8, 4) is 0 Å². The number of fused-ring (bicyclic) bond motifs is 1. The van der Waals surface area contributed by atoms with E-state index in [1.54, 1.807) is 12.4 Å². The normalized spacial score (nSPS) is 12.5. The number of aryl methyl sites for hydroxylation is 1. The van der Waals surface area contributed by atoms with Gasteiger partial charge in [0.15, 0.2) is 11.5 Å². The van der Waals surface area contributed by atoms with Crippen LogP contribution in [0.25, 0.3) is 5.65 Å². The molecule has 21 heavy (non-hydrogen) atoms. The van der Waals surface area contributed by atoms with E-state index in [2.05, 4.69) is 20.5 Å². The van der Waals surface area contributed by atoms with Gasteiger partial charge in [0.25, 0.3) is 0 Å². The maximum absolute atomic E-state index is 12.2. The van der Waals surface area contributed by atoms with Gasteiger partial charge in [0.1, 0.15) is 11.9 Å². The minimum atomic E-state index is -0.313. The van der Waals surface area contributed by atoms with E-state index in [0.29, 0.717) is 12.4 Å². The second-order valence-corrected chi connectivity index (χ2v) is 4.82. The molecule has 0 unspecified atom stereocenters. The lowest BCUT2D eigenvalue weighted by molar-refractivity contribution is -0.124. The number of hydrogen-bond donors (Lipinski definition) is 1. The zero-order valence-corrected chi connectivity index (χ0v) is 11.9. The third kappa shape index (κ3) is 2.49. The van der Waals surface area contributed by atoms with Crippen molar-refractivity contribution in [3.05, 3.63) is 48.4 Å². The topological polar surface area (TPSA) is 77.1 Å². The summed E-state index contributed by atoms with van der Waals surface area (Å²) >= 11 is 0. The van der Waals surface area contributed by atoms with Crippen LogP contribution in [0.2, 0.25) is 0 Å². The average molecular weight is 284 g/mol. The van der Waals surface area contributed by atoms with Crippen LogP contribution in [0.1, 0.15) is 24.6 Å². The molecule has 0 saturated heterocycles. The number of carbonyl (C=O) groups excluding carboxylic acids is 1. The lowest BCUT2D eigenvalue weighted by Gasteiger charge is -2.14. The third-order valence-corrected chi connectivity index (χ3v) is 3.46. The molecule has 1 amide bonds. The van der Waals surface area contributed by atoms with Gasteiger partial charge in [-0.2, -0.15) is 0 Å². The molecule has 1 N–H and O–H groups in total. The highest BCUT2D eigenvalue weighted by Gasteiger charge is 2.16. The zero-order chi connectivity index (χ0) is 14.8. The van der Waals surface area contributed by atoms with Crippen LogP contribution in [0.5, 0.6) is 0 Å². The third-order valence-electron chi connectivity index (χ3n) is 3.46. The van der Waals surface area contributed by atoms with E-state index in [0.717, 1.165) is 11.5 Å². The van der Waals surface area contributed by atoms with Crippen LogP contribution in [-0.4, -0.2) is 30.1 Å². The first kappa shape index (κ1) is 13.3. The second kappa shape index (κ2) is 5.35. The van der Waals surface area contributed by atoms with Gasteiger partial charge in [0.2, 0.25) is 5.91 Å². The Morgan fingerprint density at radius 3 is 2.95 bits per heavy atom. The van der Waals surface area contributed by atoms with Gasteiger partial charge in [-0.1, -0.05) is 6.07 Å². The van der Waals surface area contributed by atoms with Gasteiger partial charge in [-0.05, 0) is 26.0 Å². The molecule has 7 nitrogen and oxygen atoms in total. The van der Waals surface area contributed by atoms with Crippen molar-refractivity contribution in [1.82, 2.24) is 29.5 Å². The Balaban J connectivity index is 1.70. The smallest absolute Gasteiger partial charge is 0.243 e. The van der Waals surface area contributed by atoms with Gasteiger partial charge >= 0.3 is 0 Å². The number of pyridine rings is 1. The molecule has 0 aliphatic heterocycles. The molecule has 7 heteroatoms. The van der Waals surface area contributed by atoms with Gasteiger partial charge in [0.05, 0.1) is 6.54 Å². The minimum Gasteiger partial charge on any atom is -0.347 e. The number of aromatic nitrogens is 5. The predicted octanol–water partition coefficient (Wildman–Crippen LogP) is 1.11. The molecule has 108 valence electrons. The summed E-state index contributed by atoms with van der Waals surface area (Å²) in [7, 11) is 0. The summed E-state index contributed by atoms with van der Waals surface area (Å²) in [5, 5.41) is 11.0. The molecule has 3 aromatic rings. The summed E-state index contributed by atoms with van der Waals surface area (Å²) in [6, 6.07) is 5.36. The lowest BCUT2D eigenvalue weighted by Crippen LogP contribution is -2.31. The summed E-state index contributed by atoms with van der Waals surface area (Å²) in [5.41, 5.74) is 0.764. The van der Waals surface area contributed by atoms with E-state index in [1.165, 1.54) is 0 Å². The summed E-state index contributed by atoms with van der Waals surface area (Å²) in [6.07, 6.45) is 5.36. The lowest BCUT2D eigenvalue weighted by atomic mass is 10.3. The first-order valence-corrected chi connectivity index (χ1v) is 6.72. The second-order valence-electron chi connectivity index (χ2n) is 4.82. The maximum atomic E-state index is 12.2. The van der Waals surface area contributed by atoms with Gasteiger partial charge in [-0.3, -0.25) is 9.20 Å². The number of rotatable bonds is 4. The molecule has 1 atom stereocenters. The largest absolute Gasteiger partial charge is 0.347 e. The molecule has 3 heterocycles. The Labute approximate surface area is 121 Å². The molecular formula is C14H16N6O. The van der Waals surface area contributed by atoms with Gasteiger partial charge in [0, 0.05) is 18.6 Å². The Hall–Kier alpha value is -2.70. The van der Waals surface area contributed by atoms with E-state index in [-0.39, 0.29) is 11.9 Å². The minimum absolute atomic E-state index is 0.0798. The highest BCUT2D eigenvalue weighted by Crippen LogP contribution is 2.09. The van der Waals surface area contributed by atoms with Crippen molar-refractivity contribution in [2.24, 2.45) is 0 Å². The Morgan fingerprint density at radius 1 is 1.33 bits per heavy atom. The Bertz CT molecular complexity index is 774. The summed E-state index contributed by atoms with van der Waals surface area (Å²) in [4.78, 5) is 16.3. The summed E-state index contributed by atoms with van der Waals surface area (Å²) in [5.74, 6) is 1.43. The maximum Gasteiger partial charge on any atom is 0.243 e. The SMILES string of the molecule is Cc1nccn1[C@H](C)C(=O)NCc1nnc2ccccn12. The quantitative estimate of drug-likeness (QED) is 0.778. The fourth-order valence-electron chi connectivity index (χ4n) is 2.25. The number of carbonyl (C=O) groups is 1. The standard InChI is InChI=1S/C14H16N6O/c1-10(19-8-6-15-11(19)2)14(21)16-9-13-18-17-12-5-3-4-7-20(12)13/h3-8,10H,9H2,1-2H3,(H,16,21)/t10-/m1/s1. The van der Waals surface area contributed by atoms with Crippen molar-refractivity contribution in [2.75, 3.05) is 0 Å². The molecule has 0 aliphatic rings. The van der Waals surface area contributed by atoms with Crippen LogP contribution in [0.15, 0.2) is 36.8 Å². The van der Waals surface area contributed by atoms with E-state index in [1.807, 2.05) is 47.2 Å². The molecule has 3 aromatic heterocycles. The Kier molecular flexibility index (Phi) is 3.39. The predicted molar refractivity (Wildman–Crippen MR) is 76.5 cm³/mol. The molecule has 0 radical (unpaired) electrons. The van der Waals surface area contributed by atoms with E-state index >= 15 is 0 Å². The fourth-order valence-corrected chi connectivity index (χ4v) is 2.25. The summed E-state index contributed by atoms with van der Waals surface area (Å²) in [6.45, 7) is 4.05. The molecule has 0 aliphatic carbocycles. The molecule has 0 bridgehead atoms. The number of hydrogen-bond acceptors (Lipinski definition) is 4. The van der Waals surface area contributed by atoms with E-state index in [9.17, 15) is 4.79 Å². The Morgan fingerprint density at radius 2 is 2.19 bits per heavy atom. The van der Waals surface area contributed by atoms with Crippen LogP contribution >= 0.6 is 0 Å². The number of nitrogens with zero attached hydrogens (tertiary/aromatic N) is 5. The van der Waals surface area contributed by atoms with Crippen LogP contribution in [0.4, 0.5) is 0 Å². The molecule has 0 aromatic carbocycles. The molecular weight excluding hydrogens is 268 g/mol. The van der Waals surface area contributed by atoms with Gasteiger partial charge in [-0.15, -0.1) is 10.2 Å². The fraction of sp³-hybridized carbons (Fsp3) is 0.286. The van der Waals surface area contributed by atoms with E-state index in [4.69, 9.17) is 0 Å². The van der Waals surface area contributed by atoms with Crippen molar-refractivity contribution in [3.63, 3.8) is 0 Å². The monoisotopic (exact) mass is 284 g/mol.